The van der Waals surface area contributed by atoms with Crippen molar-refractivity contribution in [1.82, 2.24) is 10.6 Å². The van der Waals surface area contributed by atoms with Gasteiger partial charge in [0.05, 0.1) is 30.6 Å². The third-order valence-electron chi connectivity index (χ3n) is 8.88. The van der Waals surface area contributed by atoms with E-state index in [1.54, 1.807) is 0 Å². The number of hydrogen-bond donors (Lipinski definition) is 2. The Hall–Kier alpha value is -2.76. The van der Waals surface area contributed by atoms with Crippen molar-refractivity contribution >= 4 is 33.4 Å². The Morgan fingerprint density at radius 2 is 1.49 bits per heavy atom. The van der Waals surface area contributed by atoms with E-state index in [0.717, 1.165) is 85.3 Å². The molecule has 0 radical (unpaired) electrons. The summed E-state index contributed by atoms with van der Waals surface area (Å²) in [6, 6.07) is 19.4. The predicted octanol–water partition coefficient (Wildman–Crippen LogP) is 4.78. The fraction of sp³-hybridized carbons (Fsp3) is 0.467. The summed E-state index contributed by atoms with van der Waals surface area (Å²) in [5, 5.41) is 11.0. The van der Waals surface area contributed by atoms with Gasteiger partial charge >= 0.3 is 5.91 Å². The highest BCUT2D eigenvalue weighted by Gasteiger charge is 2.50. The summed E-state index contributed by atoms with van der Waals surface area (Å²) in [7, 11) is 0. The maximum absolute atomic E-state index is 14.9. The number of piperidine rings is 2. The van der Waals surface area contributed by atoms with Gasteiger partial charge in [-0.25, -0.2) is 4.79 Å². The van der Waals surface area contributed by atoms with E-state index >= 15 is 0 Å². The van der Waals surface area contributed by atoms with Gasteiger partial charge in [-0.2, -0.15) is 0 Å². The quantitative estimate of drug-likeness (QED) is 0.426. The van der Waals surface area contributed by atoms with Gasteiger partial charge in [-0.3, -0.25) is 9.28 Å². The van der Waals surface area contributed by atoms with Crippen molar-refractivity contribution in [3.63, 3.8) is 0 Å². The summed E-state index contributed by atoms with van der Waals surface area (Å²) >= 11 is 0. The Labute approximate surface area is 207 Å². The number of quaternary nitrogens is 1. The predicted molar refractivity (Wildman–Crippen MR) is 140 cm³/mol. The first-order valence-corrected chi connectivity index (χ1v) is 13.5. The maximum atomic E-state index is 14.9. The molecule has 0 spiro atoms. The summed E-state index contributed by atoms with van der Waals surface area (Å²) in [5.74, 6) is 0.289. The second-order valence-corrected chi connectivity index (χ2v) is 10.9. The van der Waals surface area contributed by atoms with Crippen LogP contribution in [0.3, 0.4) is 0 Å². The lowest BCUT2D eigenvalue weighted by molar-refractivity contribution is -0.883. The van der Waals surface area contributed by atoms with Crippen LogP contribution in [-0.4, -0.2) is 54.6 Å². The lowest BCUT2D eigenvalue weighted by Crippen LogP contribution is -2.66. The molecule has 0 bridgehead atoms. The average molecular weight is 471 g/mol. The van der Waals surface area contributed by atoms with Crippen LogP contribution in [0.25, 0.3) is 21.5 Å². The first-order chi connectivity index (χ1) is 17.2. The fourth-order valence-electron chi connectivity index (χ4n) is 6.73. The molecule has 3 aromatic carbocycles. The second-order valence-electron chi connectivity index (χ2n) is 10.9. The van der Waals surface area contributed by atoms with Crippen molar-refractivity contribution in [1.29, 1.82) is 0 Å². The summed E-state index contributed by atoms with van der Waals surface area (Å²) in [5.41, 5.74) is 0.845. The van der Waals surface area contributed by atoms with Crippen LogP contribution in [0.4, 0.5) is 0 Å². The van der Waals surface area contributed by atoms with Crippen LogP contribution in [-0.2, 0) is 4.79 Å². The normalized spacial score (nSPS) is 25.9. The smallest absolute Gasteiger partial charge is 0.347 e. The molecular formula is C30H36N3O2+. The standard InChI is InChI=1S/C30H35N3O2/c34-29(32-24-10-5-11-24)23-9-6-18-33(20-23,25-14-16-31-17-15-25)30(35)28-26-12-3-1-7-21(26)19-22-8-2-4-13-27(22)28/h1-4,7-8,12-13,19,23-25,31H,5-6,9-11,14-18,20H2/p+1. The molecule has 2 saturated heterocycles. The van der Waals surface area contributed by atoms with Crippen LogP contribution < -0.4 is 10.6 Å². The van der Waals surface area contributed by atoms with E-state index in [1.165, 1.54) is 6.42 Å². The van der Waals surface area contributed by atoms with Crippen LogP contribution >= 0.6 is 0 Å². The minimum absolute atomic E-state index is 0.0931. The average Bonchev–Trinajstić information content (AvgIpc) is 2.89. The molecule has 1 aliphatic carbocycles. The summed E-state index contributed by atoms with van der Waals surface area (Å²) < 4.78 is 0.419. The van der Waals surface area contributed by atoms with Crippen molar-refractivity contribution in [2.75, 3.05) is 26.2 Å². The van der Waals surface area contributed by atoms with Crippen molar-refractivity contribution in [2.24, 2.45) is 5.92 Å². The number of carbonyl (C=O) groups excluding carboxylic acids is 2. The van der Waals surface area contributed by atoms with E-state index in [2.05, 4.69) is 41.0 Å². The van der Waals surface area contributed by atoms with E-state index in [-0.39, 0.29) is 23.8 Å². The van der Waals surface area contributed by atoms with Crippen molar-refractivity contribution in [2.45, 2.75) is 57.0 Å². The molecule has 2 atom stereocenters. The SMILES string of the molecule is O=C(NC1CCC1)C1CCC[N+](C(=O)c2c3ccccc3cc3ccccc23)(C2CCNCC2)C1. The number of hydrogen-bond acceptors (Lipinski definition) is 3. The summed E-state index contributed by atoms with van der Waals surface area (Å²) in [4.78, 5) is 28.2. The minimum atomic E-state index is -0.0931. The lowest BCUT2D eigenvalue weighted by Gasteiger charge is -2.48. The van der Waals surface area contributed by atoms with Crippen molar-refractivity contribution in [3.05, 3.63) is 60.2 Å². The first-order valence-electron chi connectivity index (χ1n) is 13.5. The number of benzene rings is 3. The highest BCUT2D eigenvalue weighted by molar-refractivity contribution is 6.16. The van der Waals surface area contributed by atoms with Gasteiger partial charge in [0.1, 0.15) is 0 Å². The molecule has 0 aromatic heterocycles. The number of amides is 2. The van der Waals surface area contributed by atoms with E-state index in [1.807, 2.05) is 24.3 Å². The lowest BCUT2D eigenvalue weighted by atomic mass is 9.86. The number of nitrogens with one attached hydrogen (secondary N) is 2. The Morgan fingerprint density at radius 1 is 0.829 bits per heavy atom. The van der Waals surface area contributed by atoms with E-state index in [9.17, 15) is 9.59 Å². The Kier molecular flexibility index (Phi) is 6.07. The molecule has 5 heteroatoms. The fourth-order valence-corrected chi connectivity index (χ4v) is 6.73. The Bertz CT molecular complexity index is 1210. The van der Waals surface area contributed by atoms with Crippen LogP contribution in [0.1, 0.15) is 55.3 Å². The maximum Gasteiger partial charge on any atom is 0.347 e. The van der Waals surface area contributed by atoms with Gasteiger partial charge in [-0.15, -0.1) is 0 Å². The largest absolute Gasteiger partial charge is 0.353 e. The van der Waals surface area contributed by atoms with Crippen LogP contribution in [0, 0.1) is 5.92 Å². The monoisotopic (exact) mass is 470 g/mol. The van der Waals surface area contributed by atoms with Gasteiger partial charge in [0.25, 0.3) is 0 Å². The van der Waals surface area contributed by atoms with Gasteiger partial charge < -0.3 is 10.6 Å². The summed E-state index contributed by atoms with van der Waals surface area (Å²) in [6.07, 6.45) is 7.14. The number of nitrogens with zero attached hydrogens (tertiary/aromatic N) is 1. The zero-order valence-corrected chi connectivity index (χ0v) is 20.5. The highest BCUT2D eigenvalue weighted by atomic mass is 16.2. The summed E-state index contributed by atoms with van der Waals surface area (Å²) in [6.45, 7) is 3.33. The molecule has 1 saturated carbocycles. The van der Waals surface area contributed by atoms with Crippen LogP contribution in [0.15, 0.2) is 54.6 Å². The topological polar surface area (TPSA) is 58.2 Å². The molecular weight excluding hydrogens is 434 g/mol. The van der Waals surface area contributed by atoms with Crippen molar-refractivity contribution < 1.29 is 14.1 Å². The van der Waals surface area contributed by atoms with Gasteiger partial charge in [0, 0.05) is 32.0 Å². The van der Waals surface area contributed by atoms with E-state index < -0.39 is 0 Å². The minimum Gasteiger partial charge on any atom is -0.353 e. The molecule has 5 nitrogen and oxygen atoms in total. The molecule has 2 heterocycles. The Balaban J connectivity index is 1.46. The molecule has 6 rings (SSSR count). The number of fused-ring (bicyclic) bond motifs is 2. The van der Waals surface area contributed by atoms with Crippen LogP contribution in [0.5, 0.6) is 0 Å². The molecule has 3 aliphatic rings. The molecule has 3 aromatic rings. The molecule has 2 amide bonds. The molecule has 2 N–H and O–H groups in total. The first kappa shape index (κ1) is 22.7. The molecule has 2 unspecified atom stereocenters. The molecule has 2 aliphatic heterocycles. The molecule has 35 heavy (non-hydrogen) atoms. The molecule has 182 valence electrons. The zero-order valence-electron chi connectivity index (χ0n) is 20.5. The number of carbonyl (C=O) groups is 2. The van der Waals surface area contributed by atoms with E-state index in [4.69, 9.17) is 0 Å². The zero-order chi connectivity index (χ0) is 23.8. The third-order valence-corrected chi connectivity index (χ3v) is 8.88. The van der Waals surface area contributed by atoms with Crippen LogP contribution in [0.2, 0.25) is 0 Å². The van der Waals surface area contributed by atoms with E-state index in [0.29, 0.717) is 17.1 Å². The Morgan fingerprint density at radius 3 is 2.11 bits per heavy atom. The number of likely N-dealkylation sites (tertiary alicyclic amines) is 1. The van der Waals surface area contributed by atoms with Gasteiger partial charge in [0.15, 0.2) is 0 Å². The number of rotatable bonds is 4. The van der Waals surface area contributed by atoms with Gasteiger partial charge in [-0.1, -0.05) is 48.5 Å². The third kappa shape index (κ3) is 4.05. The van der Waals surface area contributed by atoms with Gasteiger partial charge in [-0.05, 0) is 59.7 Å². The van der Waals surface area contributed by atoms with Gasteiger partial charge in [0.2, 0.25) is 5.91 Å². The molecule has 3 fully saturated rings. The second kappa shape index (κ2) is 9.36. The highest BCUT2D eigenvalue weighted by Crippen LogP contribution is 2.37. The van der Waals surface area contributed by atoms with Crippen molar-refractivity contribution in [3.8, 4) is 0 Å².